The molecule has 0 saturated carbocycles. The summed E-state index contributed by atoms with van der Waals surface area (Å²) >= 11 is 0. The fraction of sp³-hybridized carbons (Fsp3) is 0.133. The number of carbonyl (C=O) groups is 1. The summed E-state index contributed by atoms with van der Waals surface area (Å²) in [4.78, 5) is 34.9. The van der Waals surface area contributed by atoms with E-state index in [0.717, 1.165) is 32.5 Å². The molecule has 0 fully saturated rings. The molecule has 0 aliphatic rings. The highest BCUT2D eigenvalue weighted by molar-refractivity contribution is 6.11. The number of aromatic amines is 1. The number of aryl methyl sites for hydroxylation is 3. The lowest BCUT2D eigenvalue weighted by Gasteiger charge is -2.12. The SMILES string of the molecule is CCn1c(-c2ccc(-c3c(C#N)on(C)c3=O)cc2)cc2cc(C)nc(C(=O)Nc3cccc(-c4ncn[nH]4)c3)c21. The van der Waals surface area contributed by atoms with E-state index in [2.05, 4.69) is 25.5 Å². The van der Waals surface area contributed by atoms with Crippen molar-refractivity contribution in [3.63, 3.8) is 0 Å². The Morgan fingerprint density at radius 2 is 1.88 bits per heavy atom. The van der Waals surface area contributed by atoms with Gasteiger partial charge in [0.15, 0.2) is 11.5 Å². The van der Waals surface area contributed by atoms with Crippen LogP contribution in [-0.4, -0.2) is 35.4 Å². The van der Waals surface area contributed by atoms with Gasteiger partial charge in [0.25, 0.3) is 11.5 Å². The second-order valence-corrected chi connectivity index (χ2v) is 9.48. The number of nitrogens with one attached hydrogen (secondary N) is 2. The minimum absolute atomic E-state index is 0.0310. The lowest BCUT2D eigenvalue weighted by atomic mass is 10.0. The van der Waals surface area contributed by atoms with E-state index in [1.54, 1.807) is 12.1 Å². The minimum Gasteiger partial charge on any atom is -0.365 e. The molecular weight excluding hydrogens is 520 g/mol. The molecule has 41 heavy (non-hydrogen) atoms. The van der Waals surface area contributed by atoms with E-state index in [1.807, 2.05) is 73.0 Å². The maximum Gasteiger partial charge on any atom is 0.291 e. The van der Waals surface area contributed by atoms with E-state index in [-0.39, 0.29) is 22.8 Å². The molecule has 0 bridgehead atoms. The van der Waals surface area contributed by atoms with Crippen LogP contribution < -0.4 is 10.9 Å². The van der Waals surface area contributed by atoms with Gasteiger partial charge in [0.2, 0.25) is 5.76 Å². The van der Waals surface area contributed by atoms with Gasteiger partial charge in [-0.1, -0.05) is 36.4 Å². The zero-order valence-electron chi connectivity index (χ0n) is 22.5. The smallest absolute Gasteiger partial charge is 0.291 e. The topological polar surface area (TPSA) is 147 Å². The lowest BCUT2D eigenvalue weighted by Crippen LogP contribution is -2.16. The molecule has 0 aliphatic heterocycles. The number of fused-ring (bicyclic) bond motifs is 1. The minimum atomic E-state index is -0.375. The van der Waals surface area contributed by atoms with Crippen molar-refractivity contribution >= 4 is 22.5 Å². The number of rotatable bonds is 6. The summed E-state index contributed by atoms with van der Waals surface area (Å²) in [6.45, 7) is 4.46. The Morgan fingerprint density at radius 1 is 1.10 bits per heavy atom. The quantitative estimate of drug-likeness (QED) is 0.303. The highest BCUT2D eigenvalue weighted by Gasteiger charge is 2.21. The van der Waals surface area contributed by atoms with Crippen LogP contribution in [0.2, 0.25) is 0 Å². The number of hydrogen-bond acceptors (Lipinski definition) is 7. The number of nitrogens with zero attached hydrogens (tertiary/aromatic N) is 6. The fourth-order valence-electron chi connectivity index (χ4n) is 5.05. The molecule has 2 N–H and O–H groups in total. The van der Waals surface area contributed by atoms with Crippen molar-refractivity contribution in [2.75, 3.05) is 5.32 Å². The number of amides is 1. The highest BCUT2D eigenvalue weighted by Crippen LogP contribution is 2.32. The van der Waals surface area contributed by atoms with E-state index in [9.17, 15) is 14.9 Å². The Morgan fingerprint density at radius 3 is 2.59 bits per heavy atom. The van der Waals surface area contributed by atoms with Crippen molar-refractivity contribution in [1.82, 2.24) is 29.5 Å². The van der Waals surface area contributed by atoms with Crippen LogP contribution >= 0.6 is 0 Å². The Kier molecular flexibility index (Phi) is 6.28. The predicted molar refractivity (Wildman–Crippen MR) is 153 cm³/mol. The van der Waals surface area contributed by atoms with Crippen LogP contribution in [0.25, 0.3) is 44.7 Å². The summed E-state index contributed by atoms with van der Waals surface area (Å²) < 4.78 is 8.34. The third kappa shape index (κ3) is 4.47. The number of anilines is 1. The molecule has 6 aromatic rings. The molecule has 11 heteroatoms. The van der Waals surface area contributed by atoms with E-state index >= 15 is 0 Å². The molecule has 1 amide bonds. The van der Waals surface area contributed by atoms with Gasteiger partial charge in [0.05, 0.1) is 5.52 Å². The van der Waals surface area contributed by atoms with Crippen molar-refractivity contribution in [1.29, 1.82) is 5.26 Å². The third-order valence-corrected chi connectivity index (χ3v) is 6.87. The average molecular weight is 545 g/mol. The number of nitriles is 1. The van der Waals surface area contributed by atoms with Gasteiger partial charge >= 0.3 is 0 Å². The number of hydrogen-bond donors (Lipinski definition) is 2. The molecule has 11 nitrogen and oxygen atoms in total. The van der Waals surface area contributed by atoms with Crippen molar-refractivity contribution in [3.8, 4) is 39.8 Å². The van der Waals surface area contributed by atoms with E-state index in [0.29, 0.717) is 35.0 Å². The van der Waals surface area contributed by atoms with Crippen molar-refractivity contribution in [3.05, 3.63) is 94.5 Å². The summed E-state index contributed by atoms with van der Waals surface area (Å²) in [6, 6.07) is 20.6. The van der Waals surface area contributed by atoms with Crippen LogP contribution in [0.3, 0.4) is 0 Å². The largest absolute Gasteiger partial charge is 0.365 e. The first-order chi connectivity index (χ1) is 19.9. The Bertz CT molecular complexity index is 2020. The van der Waals surface area contributed by atoms with Crippen LogP contribution in [0.15, 0.2) is 76.3 Å². The van der Waals surface area contributed by atoms with Crippen LogP contribution in [0, 0.1) is 18.3 Å². The Balaban J connectivity index is 1.39. The molecule has 2 aromatic carbocycles. The standard InChI is InChI=1S/C30H24N8O3/c1-4-38-23(18-8-10-19(11-9-18)25-24(15-31)41-37(3)30(25)40)14-21-12-17(2)34-26(27(21)38)29(39)35-22-7-5-6-20(13-22)28-32-16-33-36-28/h5-14,16H,4H2,1-3H3,(H,35,39)(H,32,33,36). The van der Waals surface area contributed by atoms with E-state index in [1.165, 1.54) is 13.4 Å². The average Bonchev–Trinajstić information content (AvgIpc) is 3.71. The number of pyridine rings is 1. The zero-order valence-corrected chi connectivity index (χ0v) is 22.5. The molecule has 0 unspecified atom stereocenters. The van der Waals surface area contributed by atoms with Crippen molar-refractivity contribution in [2.24, 2.45) is 7.05 Å². The third-order valence-electron chi connectivity index (χ3n) is 6.87. The first-order valence-electron chi connectivity index (χ1n) is 12.9. The molecular formula is C30H24N8O3. The molecule has 0 spiro atoms. The van der Waals surface area contributed by atoms with Crippen LogP contribution in [0.5, 0.6) is 0 Å². The Hall–Kier alpha value is -5.76. The van der Waals surface area contributed by atoms with E-state index < -0.39 is 0 Å². The molecule has 0 aliphatic carbocycles. The second kappa shape index (κ2) is 10.1. The summed E-state index contributed by atoms with van der Waals surface area (Å²) in [5, 5.41) is 20.0. The Labute approximate surface area is 233 Å². The van der Waals surface area contributed by atoms with Crippen molar-refractivity contribution in [2.45, 2.75) is 20.4 Å². The van der Waals surface area contributed by atoms with Gasteiger partial charge < -0.3 is 14.4 Å². The second-order valence-electron chi connectivity index (χ2n) is 9.48. The summed E-state index contributed by atoms with van der Waals surface area (Å²) in [5.74, 6) is 0.240. The molecule has 0 radical (unpaired) electrons. The number of aromatic nitrogens is 6. The van der Waals surface area contributed by atoms with Gasteiger partial charge in [0, 0.05) is 41.6 Å². The maximum atomic E-state index is 13.6. The molecule has 6 rings (SSSR count). The molecule has 202 valence electrons. The van der Waals surface area contributed by atoms with Gasteiger partial charge in [-0.25, -0.2) is 9.97 Å². The monoisotopic (exact) mass is 544 g/mol. The molecule has 4 heterocycles. The fourth-order valence-corrected chi connectivity index (χ4v) is 5.05. The summed E-state index contributed by atoms with van der Waals surface area (Å²) in [5.41, 5.74) is 5.36. The number of carbonyl (C=O) groups excluding carboxylic acids is 1. The predicted octanol–water partition coefficient (Wildman–Crippen LogP) is 4.90. The highest BCUT2D eigenvalue weighted by atomic mass is 16.5. The molecule has 4 aromatic heterocycles. The van der Waals surface area contributed by atoms with Crippen LogP contribution in [0.4, 0.5) is 5.69 Å². The molecule has 0 atom stereocenters. The first kappa shape index (κ1) is 25.5. The summed E-state index contributed by atoms with van der Waals surface area (Å²) in [7, 11) is 1.47. The van der Waals surface area contributed by atoms with Crippen molar-refractivity contribution < 1.29 is 9.32 Å². The van der Waals surface area contributed by atoms with Gasteiger partial charge in [-0.05, 0) is 49.2 Å². The van der Waals surface area contributed by atoms with E-state index in [4.69, 9.17) is 4.52 Å². The molecule has 0 saturated heterocycles. The number of H-pyrrole nitrogens is 1. The maximum absolute atomic E-state index is 13.6. The van der Waals surface area contributed by atoms with Gasteiger partial charge in [-0.15, -0.1) is 0 Å². The lowest BCUT2D eigenvalue weighted by molar-refractivity contribution is 0.102. The van der Waals surface area contributed by atoms with Gasteiger partial charge in [-0.3, -0.25) is 14.7 Å². The zero-order chi connectivity index (χ0) is 28.7. The first-order valence-corrected chi connectivity index (χ1v) is 12.9. The normalized spacial score (nSPS) is 11.1. The van der Waals surface area contributed by atoms with Gasteiger partial charge in [-0.2, -0.15) is 15.1 Å². The summed E-state index contributed by atoms with van der Waals surface area (Å²) in [6.07, 6.45) is 1.43. The number of benzene rings is 2. The van der Waals surface area contributed by atoms with Gasteiger partial charge in [0.1, 0.15) is 18.0 Å². The van der Waals surface area contributed by atoms with Crippen LogP contribution in [-0.2, 0) is 13.6 Å². The van der Waals surface area contributed by atoms with Crippen LogP contribution in [0.1, 0.15) is 28.9 Å².